The van der Waals surface area contributed by atoms with Crippen LogP contribution in [-0.4, -0.2) is 36.5 Å². The Morgan fingerprint density at radius 2 is 1.94 bits per heavy atom. The Bertz CT molecular complexity index is 341. The van der Waals surface area contributed by atoms with E-state index in [9.17, 15) is 14.7 Å². The summed E-state index contributed by atoms with van der Waals surface area (Å²) in [4.78, 5) is 26.3. The number of imide groups is 1. The summed E-state index contributed by atoms with van der Waals surface area (Å²) >= 11 is 0. The number of alkyl carbamates (subject to hydrolysis) is 1. The van der Waals surface area contributed by atoms with Crippen molar-refractivity contribution in [3.63, 3.8) is 0 Å². The SMILES string of the molecule is CCOC(=O)NC(=O)/C(C(C)=NC)=C(\C)O. The number of aliphatic hydroxyl groups excluding tert-OH is 1. The van der Waals surface area contributed by atoms with Crippen molar-refractivity contribution in [1.82, 2.24) is 5.32 Å². The summed E-state index contributed by atoms with van der Waals surface area (Å²) in [5.74, 6) is -0.938. The molecule has 0 spiro atoms. The third kappa shape index (κ3) is 4.12. The lowest BCUT2D eigenvalue weighted by molar-refractivity contribution is -0.116. The largest absolute Gasteiger partial charge is 0.512 e. The van der Waals surface area contributed by atoms with Crippen LogP contribution in [0.2, 0.25) is 0 Å². The molecule has 0 unspecified atom stereocenters. The maximum absolute atomic E-state index is 11.6. The number of allylic oxidation sites excluding steroid dienone is 1. The number of rotatable bonds is 3. The molecule has 0 radical (unpaired) electrons. The molecule has 0 fully saturated rings. The summed E-state index contributed by atoms with van der Waals surface area (Å²) in [6.07, 6.45) is -0.852. The van der Waals surface area contributed by atoms with E-state index in [-0.39, 0.29) is 17.9 Å². The van der Waals surface area contributed by atoms with Gasteiger partial charge in [0.1, 0.15) is 5.76 Å². The number of nitrogens with zero attached hydrogens (tertiary/aromatic N) is 1. The van der Waals surface area contributed by atoms with Gasteiger partial charge in [0, 0.05) is 12.8 Å². The Balaban J connectivity index is 4.81. The number of ether oxygens (including phenoxy) is 1. The Hall–Kier alpha value is -1.85. The van der Waals surface area contributed by atoms with E-state index in [1.54, 1.807) is 13.8 Å². The average Bonchev–Trinajstić information content (AvgIpc) is 2.17. The van der Waals surface area contributed by atoms with E-state index in [4.69, 9.17) is 0 Å². The highest BCUT2D eigenvalue weighted by Gasteiger charge is 2.18. The highest BCUT2D eigenvalue weighted by atomic mass is 16.5. The summed E-state index contributed by atoms with van der Waals surface area (Å²) in [6.45, 7) is 4.68. The highest BCUT2D eigenvalue weighted by Crippen LogP contribution is 2.04. The van der Waals surface area contributed by atoms with Crippen LogP contribution in [-0.2, 0) is 9.53 Å². The van der Waals surface area contributed by atoms with Crippen molar-refractivity contribution >= 4 is 17.7 Å². The lowest BCUT2D eigenvalue weighted by atomic mass is 10.1. The van der Waals surface area contributed by atoms with Crippen LogP contribution in [0.3, 0.4) is 0 Å². The molecule has 0 aliphatic rings. The Kier molecular flexibility index (Phi) is 5.84. The number of aliphatic hydroxyl groups is 1. The van der Waals surface area contributed by atoms with Crippen LogP contribution >= 0.6 is 0 Å². The molecule has 0 bridgehead atoms. The highest BCUT2D eigenvalue weighted by molar-refractivity contribution is 6.23. The summed E-state index contributed by atoms with van der Waals surface area (Å²) in [5, 5.41) is 11.3. The molecule has 90 valence electrons. The molecule has 6 nitrogen and oxygen atoms in total. The van der Waals surface area contributed by atoms with Crippen LogP contribution in [0.4, 0.5) is 4.79 Å². The maximum atomic E-state index is 11.6. The molecule has 6 heteroatoms. The van der Waals surface area contributed by atoms with Gasteiger partial charge in [0.05, 0.1) is 12.2 Å². The lowest BCUT2D eigenvalue weighted by Crippen LogP contribution is -2.34. The lowest BCUT2D eigenvalue weighted by Gasteiger charge is -2.08. The van der Waals surface area contributed by atoms with Crippen molar-refractivity contribution in [2.75, 3.05) is 13.7 Å². The van der Waals surface area contributed by atoms with Gasteiger partial charge in [-0.05, 0) is 20.8 Å². The fourth-order valence-corrected chi connectivity index (χ4v) is 1.02. The minimum Gasteiger partial charge on any atom is -0.512 e. The number of amides is 2. The van der Waals surface area contributed by atoms with E-state index in [0.717, 1.165) is 0 Å². The van der Waals surface area contributed by atoms with Crippen LogP contribution in [0.25, 0.3) is 0 Å². The van der Waals surface area contributed by atoms with Crippen molar-refractivity contribution in [1.29, 1.82) is 0 Å². The first-order valence-electron chi connectivity index (χ1n) is 4.75. The monoisotopic (exact) mass is 228 g/mol. The Labute approximate surface area is 94.0 Å². The average molecular weight is 228 g/mol. The number of hydrogen-bond donors (Lipinski definition) is 2. The number of aliphatic imine (C=N–C) groups is 1. The fourth-order valence-electron chi connectivity index (χ4n) is 1.02. The van der Waals surface area contributed by atoms with Gasteiger partial charge < -0.3 is 9.84 Å². The summed E-state index contributed by atoms with van der Waals surface area (Å²) in [5.41, 5.74) is 0.303. The molecule has 0 atom stereocenters. The van der Waals surface area contributed by atoms with Gasteiger partial charge in [-0.1, -0.05) is 0 Å². The van der Waals surface area contributed by atoms with Crippen LogP contribution in [0.5, 0.6) is 0 Å². The van der Waals surface area contributed by atoms with E-state index >= 15 is 0 Å². The zero-order valence-electron chi connectivity index (χ0n) is 9.83. The molecular formula is C10H16N2O4. The number of carbonyl (C=O) groups excluding carboxylic acids is 2. The summed E-state index contributed by atoms with van der Waals surface area (Å²) < 4.78 is 4.54. The third-order valence-corrected chi connectivity index (χ3v) is 1.78. The van der Waals surface area contributed by atoms with Crippen molar-refractivity contribution in [2.24, 2.45) is 4.99 Å². The van der Waals surface area contributed by atoms with Crippen LogP contribution < -0.4 is 5.32 Å². The van der Waals surface area contributed by atoms with Crippen LogP contribution in [0.15, 0.2) is 16.3 Å². The van der Waals surface area contributed by atoms with E-state index in [2.05, 4.69) is 9.73 Å². The third-order valence-electron chi connectivity index (χ3n) is 1.78. The predicted molar refractivity (Wildman–Crippen MR) is 59.5 cm³/mol. The van der Waals surface area contributed by atoms with Gasteiger partial charge in [-0.2, -0.15) is 0 Å². The minimum atomic E-state index is -0.852. The molecule has 2 amide bonds. The van der Waals surface area contributed by atoms with Crippen LogP contribution in [0, 0.1) is 0 Å². The molecule has 16 heavy (non-hydrogen) atoms. The predicted octanol–water partition coefficient (Wildman–Crippen LogP) is 1.18. The standard InChI is InChI=1S/C10H16N2O4/c1-5-16-10(15)12-9(14)8(7(3)13)6(2)11-4/h13H,5H2,1-4H3,(H,12,14,15)/b8-7+,11-6?. The summed E-state index contributed by atoms with van der Waals surface area (Å²) in [7, 11) is 1.48. The maximum Gasteiger partial charge on any atom is 0.414 e. The molecule has 0 aromatic rings. The van der Waals surface area contributed by atoms with Gasteiger partial charge in [-0.25, -0.2) is 4.79 Å². The molecule has 0 saturated carbocycles. The van der Waals surface area contributed by atoms with Gasteiger partial charge >= 0.3 is 6.09 Å². The molecule has 0 aromatic heterocycles. The van der Waals surface area contributed by atoms with Crippen molar-refractivity contribution < 1.29 is 19.4 Å². The van der Waals surface area contributed by atoms with Crippen LogP contribution in [0.1, 0.15) is 20.8 Å². The smallest absolute Gasteiger partial charge is 0.414 e. The van der Waals surface area contributed by atoms with E-state index in [0.29, 0.717) is 5.71 Å². The normalized spacial score (nSPS) is 12.9. The number of nitrogens with one attached hydrogen (secondary N) is 1. The molecule has 0 aliphatic heterocycles. The minimum absolute atomic E-state index is 0.0319. The van der Waals surface area contributed by atoms with Gasteiger partial charge in [0.25, 0.3) is 5.91 Å². The first kappa shape index (κ1) is 14.2. The second-order valence-corrected chi connectivity index (χ2v) is 2.94. The second kappa shape index (κ2) is 6.60. The molecule has 0 rings (SSSR count). The topological polar surface area (TPSA) is 88.0 Å². The zero-order chi connectivity index (χ0) is 12.7. The van der Waals surface area contributed by atoms with E-state index < -0.39 is 12.0 Å². The first-order valence-corrected chi connectivity index (χ1v) is 4.75. The van der Waals surface area contributed by atoms with E-state index in [1.165, 1.54) is 14.0 Å². The van der Waals surface area contributed by atoms with Gasteiger partial charge in [0.15, 0.2) is 0 Å². The van der Waals surface area contributed by atoms with Gasteiger partial charge in [0.2, 0.25) is 0 Å². The fraction of sp³-hybridized carbons (Fsp3) is 0.500. The van der Waals surface area contributed by atoms with Crippen molar-refractivity contribution in [3.05, 3.63) is 11.3 Å². The first-order chi connectivity index (χ1) is 7.43. The second-order valence-electron chi connectivity index (χ2n) is 2.94. The summed E-state index contributed by atoms with van der Waals surface area (Å²) in [6, 6.07) is 0. The number of carbonyl (C=O) groups is 2. The molecule has 0 aliphatic carbocycles. The molecule has 0 heterocycles. The van der Waals surface area contributed by atoms with Gasteiger partial charge in [-0.15, -0.1) is 0 Å². The molecule has 0 aromatic carbocycles. The number of hydrogen-bond acceptors (Lipinski definition) is 5. The Morgan fingerprint density at radius 1 is 1.38 bits per heavy atom. The Morgan fingerprint density at radius 3 is 2.31 bits per heavy atom. The quantitative estimate of drug-likeness (QED) is 0.431. The van der Waals surface area contributed by atoms with Crippen molar-refractivity contribution in [3.8, 4) is 0 Å². The molecular weight excluding hydrogens is 212 g/mol. The zero-order valence-corrected chi connectivity index (χ0v) is 9.83. The van der Waals surface area contributed by atoms with Gasteiger partial charge in [-0.3, -0.25) is 15.1 Å². The molecule has 2 N–H and O–H groups in total. The van der Waals surface area contributed by atoms with Crippen molar-refractivity contribution in [2.45, 2.75) is 20.8 Å². The van der Waals surface area contributed by atoms with E-state index in [1.807, 2.05) is 5.32 Å². The molecule has 0 saturated heterocycles.